The van der Waals surface area contributed by atoms with Gasteiger partial charge < -0.3 is 15.1 Å². The molecule has 0 aromatic heterocycles. The Morgan fingerprint density at radius 2 is 1.67 bits per heavy atom. The molecule has 2 fully saturated rings. The van der Waals surface area contributed by atoms with Crippen molar-refractivity contribution >= 4 is 23.4 Å². The van der Waals surface area contributed by atoms with Gasteiger partial charge in [-0.2, -0.15) is 0 Å². The van der Waals surface area contributed by atoms with Gasteiger partial charge in [-0.1, -0.05) is 38.1 Å². The minimum absolute atomic E-state index is 0.0134. The lowest BCUT2D eigenvalue weighted by Gasteiger charge is -2.38. The zero-order chi connectivity index (χ0) is 23.4. The Kier molecular flexibility index (Phi) is 7.11. The lowest BCUT2D eigenvalue weighted by atomic mass is 10.0. The highest BCUT2D eigenvalue weighted by molar-refractivity contribution is 5.98. The number of nitrogens with one attached hydrogen (secondary N) is 1. The van der Waals surface area contributed by atoms with E-state index in [1.54, 1.807) is 6.07 Å². The van der Waals surface area contributed by atoms with Crippen molar-refractivity contribution in [2.75, 3.05) is 25.0 Å². The minimum atomic E-state index is -0.0134. The van der Waals surface area contributed by atoms with Crippen LogP contribution in [0.5, 0.6) is 0 Å². The van der Waals surface area contributed by atoms with Gasteiger partial charge in [-0.05, 0) is 61.9 Å². The van der Waals surface area contributed by atoms with Gasteiger partial charge in [0.05, 0.1) is 0 Å². The molecule has 2 aliphatic rings. The van der Waals surface area contributed by atoms with E-state index in [1.807, 2.05) is 58.3 Å². The van der Waals surface area contributed by atoms with Gasteiger partial charge in [0.15, 0.2) is 0 Å². The second-order valence-electron chi connectivity index (χ2n) is 9.28. The second-order valence-corrected chi connectivity index (χ2v) is 9.28. The zero-order valence-electron chi connectivity index (χ0n) is 19.5. The number of carbonyl (C=O) groups is 3. The molecule has 2 aromatic rings. The maximum Gasteiger partial charge on any atom is 0.254 e. The van der Waals surface area contributed by atoms with E-state index in [9.17, 15) is 14.4 Å². The molecular formula is C27H33N3O3. The van der Waals surface area contributed by atoms with Crippen LogP contribution in [0, 0.1) is 11.8 Å². The average Bonchev–Trinajstić information content (AvgIpc) is 3.59. The fourth-order valence-electron chi connectivity index (χ4n) is 4.65. The summed E-state index contributed by atoms with van der Waals surface area (Å²) in [6.07, 6.45) is 3.33. The number of piperidine rings is 1. The number of amides is 3. The fourth-order valence-corrected chi connectivity index (χ4v) is 4.65. The van der Waals surface area contributed by atoms with Crippen LogP contribution in [0.1, 0.15) is 60.2 Å². The molecular weight excluding hydrogens is 414 g/mol. The molecule has 0 radical (unpaired) electrons. The van der Waals surface area contributed by atoms with Gasteiger partial charge in [-0.25, -0.2) is 0 Å². The van der Waals surface area contributed by atoms with Crippen molar-refractivity contribution in [3.8, 4) is 0 Å². The highest BCUT2D eigenvalue weighted by Gasteiger charge is 2.39. The number of hydrogen-bond donors (Lipinski definition) is 1. The van der Waals surface area contributed by atoms with E-state index in [0.29, 0.717) is 42.4 Å². The smallest absolute Gasteiger partial charge is 0.254 e. The summed E-state index contributed by atoms with van der Waals surface area (Å²) in [7, 11) is 0. The predicted molar refractivity (Wildman–Crippen MR) is 129 cm³/mol. The molecule has 1 saturated heterocycles. The van der Waals surface area contributed by atoms with Gasteiger partial charge in [-0.3, -0.25) is 14.4 Å². The largest absolute Gasteiger partial charge is 0.338 e. The lowest BCUT2D eigenvalue weighted by Crippen LogP contribution is -2.49. The molecule has 0 spiro atoms. The molecule has 6 nitrogen and oxygen atoms in total. The van der Waals surface area contributed by atoms with Crippen LogP contribution in [0.25, 0.3) is 0 Å². The van der Waals surface area contributed by atoms with E-state index < -0.39 is 0 Å². The molecule has 1 aliphatic heterocycles. The molecule has 1 aliphatic carbocycles. The van der Waals surface area contributed by atoms with Crippen molar-refractivity contribution in [1.82, 2.24) is 9.80 Å². The molecule has 1 heterocycles. The van der Waals surface area contributed by atoms with Gasteiger partial charge in [0.2, 0.25) is 5.91 Å². The fraction of sp³-hybridized carbons (Fsp3) is 0.444. The first-order valence-electron chi connectivity index (χ1n) is 12.0. The topological polar surface area (TPSA) is 69.7 Å². The van der Waals surface area contributed by atoms with E-state index in [1.165, 1.54) is 0 Å². The van der Waals surface area contributed by atoms with E-state index in [4.69, 9.17) is 0 Å². The Morgan fingerprint density at radius 1 is 1.00 bits per heavy atom. The molecule has 0 bridgehead atoms. The highest BCUT2D eigenvalue weighted by Crippen LogP contribution is 2.38. The van der Waals surface area contributed by atoms with Crippen molar-refractivity contribution in [3.63, 3.8) is 0 Å². The Balaban J connectivity index is 1.40. The van der Waals surface area contributed by atoms with Gasteiger partial charge >= 0.3 is 0 Å². The zero-order valence-corrected chi connectivity index (χ0v) is 19.5. The quantitative estimate of drug-likeness (QED) is 0.682. The summed E-state index contributed by atoms with van der Waals surface area (Å²) in [5.41, 5.74) is 1.97. The Labute approximate surface area is 196 Å². The number of rotatable bonds is 7. The van der Waals surface area contributed by atoms with Crippen molar-refractivity contribution in [2.24, 2.45) is 11.8 Å². The SMILES string of the molecule is CCCN(C(=O)c1cccc(NC(=O)C2CC2C)c1)C1CCN(C(=O)c2ccccc2)CC1. The monoisotopic (exact) mass is 447 g/mol. The standard InChI is InChI=1S/C27H33N3O3/c1-3-14-30(23-12-15-29(16-13-23)26(32)20-8-5-4-6-9-20)27(33)21-10-7-11-22(18-21)28-25(31)24-17-19(24)2/h4-11,18-19,23-24H,3,12-17H2,1-2H3,(H,28,31). The predicted octanol–water partition coefficient (Wildman–Crippen LogP) is 4.44. The average molecular weight is 448 g/mol. The molecule has 3 amide bonds. The third-order valence-electron chi connectivity index (χ3n) is 6.76. The third kappa shape index (κ3) is 5.44. The van der Waals surface area contributed by atoms with E-state index in [-0.39, 0.29) is 29.7 Å². The summed E-state index contributed by atoms with van der Waals surface area (Å²) in [4.78, 5) is 42.3. The minimum Gasteiger partial charge on any atom is -0.338 e. The summed E-state index contributed by atoms with van der Waals surface area (Å²) in [5, 5.41) is 2.96. The summed E-state index contributed by atoms with van der Waals surface area (Å²) in [6.45, 7) is 6.10. The maximum atomic E-state index is 13.4. The van der Waals surface area contributed by atoms with E-state index in [0.717, 1.165) is 25.7 Å². The van der Waals surface area contributed by atoms with Crippen molar-refractivity contribution in [1.29, 1.82) is 0 Å². The van der Waals surface area contributed by atoms with Crippen LogP contribution < -0.4 is 5.32 Å². The lowest BCUT2D eigenvalue weighted by molar-refractivity contribution is -0.117. The Bertz CT molecular complexity index is 999. The Hall–Kier alpha value is -3.15. The van der Waals surface area contributed by atoms with Crippen LogP contribution in [0.15, 0.2) is 54.6 Å². The summed E-state index contributed by atoms with van der Waals surface area (Å²) < 4.78 is 0. The summed E-state index contributed by atoms with van der Waals surface area (Å²) >= 11 is 0. The number of anilines is 1. The number of benzene rings is 2. The molecule has 2 aromatic carbocycles. The first kappa shape index (κ1) is 23.0. The number of hydrogen-bond acceptors (Lipinski definition) is 3. The molecule has 1 N–H and O–H groups in total. The van der Waals surface area contributed by atoms with Crippen LogP contribution in [0.4, 0.5) is 5.69 Å². The normalized spacial score (nSPS) is 20.2. The molecule has 6 heteroatoms. The molecule has 2 atom stereocenters. The van der Waals surface area contributed by atoms with Crippen LogP contribution in [0.3, 0.4) is 0 Å². The van der Waals surface area contributed by atoms with Crippen molar-refractivity contribution in [3.05, 3.63) is 65.7 Å². The summed E-state index contributed by atoms with van der Waals surface area (Å²) in [5.74, 6) is 0.601. The first-order valence-corrected chi connectivity index (χ1v) is 12.0. The maximum absolute atomic E-state index is 13.4. The second kappa shape index (κ2) is 10.2. The number of carbonyl (C=O) groups excluding carboxylic acids is 3. The number of likely N-dealkylation sites (tertiary alicyclic amines) is 1. The molecule has 174 valence electrons. The summed E-state index contributed by atoms with van der Waals surface area (Å²) in [6, 6.07) is 16.7. The highest BCUT2D eigenvalue weighted by atomic mass is 16.2. The van der Waals surface area contributed by atoms with Gasteiger partial charge in [0.25, 0.3) is 11.8 Å². The van der Waals surface area contributed by atoms with Crippen molar-refractivity contribution < 1.29 is 14.4 Å². The molecule has 2 unspecified atom stereocenters. The third-order valence-corrected chi connectivity index (χ3v) is 6.76. The van der Waals surface area contributed by atoms with Gasteiger partial charge in [-0.15, -0.1) is 0 Å². The van der Waals surface area contributed by atoms with Crippen molar-refractivity contribution in [2.45, 2.75) is 45.6 Å². The van der Waals surface area contributed by atoms with Gasteiger partial charge in [0, 0.05) is 48.4 Å². The van der Waals surface area contributed by atoms with Crippen LogP contribution in [-0.4, -0.2) is 53.2 Å². The van der Waals surface area contributed by atoms with E-state index in [2.05, 4.69) is 19.2 Å². The molecule has 4 rings (SSSR count). The molecule has 33 heavy (non-hydrogen) atoms. The Morgan fingerprint density at radius 3 is 2.30 bits per heavy atom. The van der Waals surface area contributed by atoms with Crippen LogP contribution in [0.2, 0.25) is 0 Å². The van der Waals surface area contributed by atoms with Crippen LogP contribution in [-0.2, 0) is 4.79 Å². The first-order chi connectivity index (χ1) is 16.0. The van der Waals surface area contributed by atoms with Gasteiger partial charge in [0.1, 0.15) is 0 Å². The number of nitrogens with zero attached hydrogens (tertiary/aromatic N) is 2. The van der Waals surface area contributed by atoms with Crippen LogP contribution >= 0.6 is 0 Å². The van der Waals surface area contributed by atoms with E-state index >= 15 is 0 Å². The molecule has 1 saturated carbocycles.